The average Bonchev–Trinajstić information content (AvgIpc) is 2.38. The van der Waals surface area contributed by atoms with E-state index in [1.54, 1.807) is 7.11 Å². The zero-order chi connectivity index (χ0) is 13.8. The van der Waals surface area contributed by atoms with Crippen LogP contribution in [0.15, 0.2) is 30.5 Å². The van der Waals surface area contributed by atoms with Crippen molar-refractivity contribution in [3.63, 3.8) is 0 Å². The molecule has 0 aliphatic carbocycles. The molecule has 4 nitrogen and oxygen atoms in total. The number of methoxy groups -OCH3 is 1. The minimum absolute atomic E-state index is 0.0362. The van der Waals surface area contributed by atoms with E-state index in [1.165, 1.54) is 0 Å². The summed E-state index contributed by atoms with van der Waals surface area (Å²) in [5.41, 5.74) is 8.93. The maximum absolute atomic E-state index is 5.86. The summed E-state index contributed by atoms with van der Waals surface area (Å²) >= 11 is 0. The number of rotatable bonds is 4. The highest BCUT2D eigenvalue weighted by atomic mass is 16.5. The van der Waals surface area contributed by atoms with Gasteiger partial charge in [-0.2, -0.15) is 0 Å². The highest BCUT2D eigenvalue weighted by molar-refractivity contribution is 5.30. The number of hydrogen-bond donors (Lipinski definition) is 1. The van der Waals surface area contributed by atoms with E-state index in [9.17, 15) is 0 Å². The Morgan fingerprint density at radius 2 is 2.16 bits per heavy atom. The number of aromatic nitrogens is 2. The van der Waals surface area contributed by atoms with Crippen LogP contribution in [0.3, 0.4) is 0 Å². The summed E-state index contributed by atoms with van der Waals surface area (Å²) in [5.74, 6) is 1.65. The first-order valence-electron chi connectivity index (χ1n) is 6.31. The van der Waals surface area contributed by atoms with Crippen LogP contribution in [0.1, 0.15) is 35.6 Å². The summed E-state index contributed by atoms with van der Waals surface area (Å²) in [5, 5.41) is 0. The van der Waals surface area contributed by atoms with Crippen LogP contribution in [0.5, 0.6) is 5.75 Å². The van der Waals surface area contributed by atoms with E-state index in [4.69, 9.17) is 10.5 Å². The Balaban J connectivity index is 2.21. The summed E-state index contributed by atoms with van der Waals surface area (Å²) in [6, 6.07) is 7.90. The molecule has 0 aliphatic heterocycles. The SMILES string of the molecule is COc1cccc(Cc2ncc([C@H](C)N)c(C)n2)c1. The molecule has 0 radical (unpaired) electrons. The van der Waals surface area contributed by atoms with Crippen LogP contribution < -0.4 is 10.5 Å². The fraction of sp³-hybridized carbons (Fsp3) is 0.333. The van der Waals surface area contributed by atoms with Crippen LogP contribution in [0.25, 0.3) is 0 Å². The van der Waals surface area contributed by atoms with Gasteiger partial charge < -0.3 is 10.5 Å². The molecule has 1 aromatic heterocycles. The Bertz CT molecular complexity index is 567. The van der Waals surface area contributed by atoms with Gasteiger partial charge in [0.25, 0.3) is 0 Å². The molecular weight excluding hydrogens is 238 g/mol. The maximum Gasteiger partial charge on any atom is 0.132 e. The standard InChI is InChI=1S/C15H19N3O/c1-10(16)14-9-17-15(18-11(14)2)8-12-5-4-6-13(7-12)19-3/h4-7,9-10H,8,16H2,1-3H3/t10-/m0/s1. The summed E-state index contributed by atoms with van der Waals surface area (Å²) in [4.78, 5) is 8.89. The predicted molar refractivity (Wildman–Crippen MR) is 75.2 cm³/mol. The lowest BCUT2D eigenvalue weighted by Crippen LogP contribution is -2.10. The molecule has 0 fully saturated rings. The van der Waals surface area contributed by atoms with Gasteiger partial charge in [0.1, 0.15) is 11.6 Å². The van der Waals surface area contributed by atoms with Crippen LogP contribution in [-0.4, -0.2) is 17.1 Å². The van der Waals surface area contributed by atoms with Crippen molar-refractivity contribution in [2.45, 2.75) is 26.3 Å². The van der Waals surface area contributed by atoms with E-state index >= 15 is 0 Å². The third kappa shape index (κ3) is 3.29. The van der Waals surface area contributed by atoms with Gasteiger partial charge in [0.05, 0.1) is 7.11 Å². The Morgan fingerprint density at radius 3 is 2.79 bits per heavy atom. The molecule has 0 saturated heterocycles. The van der Waals surface area contributed by atoms with Gasteiger partial charge in [-0.1, -0.05) is 12.1 Å². The lowest BCUT2D eigenvalue weighted by atomic mass is 10.1. The minimum Gasteiger partial charge on any atom is -0.497 e. The number of ether oxygens (including phenoxy) is 1. The molecule has 0 bridgehead atoms. The van der Waals surface area contributed by atoms with Gasteiger partial charge in [0.2, 0.25) is 0 Å². The van der Waals surface area contributed by atoms with Gasteiger partial charge in [-0.05, 0) is 31.5 Å². The zero-order valence-electron chi connectivity index (χ0n) is 11.6. The van der Waals surface area contributed by atoms with E-state index in [0.717, 1.165) is 28.4 Å². The second-order valence-corrected chi connectivity index (χ2v) is 4.64. The van der Waals surface area contributed by atoms with Crippen LogP contribution in [0.4, 0.5) is 0 Å². The lowest BCUT2D eigenvalue weighted by Gasteiger charge is -2.10. The zero-order valence-corrected chi connectivity index (χ0v) is 11.6. The smallest absolute Gasteiger partial charge is 0.132 e. The van der Waals surface area contributed by atoms with E-state index < -0.39 is 0 Å². The topological polar surface area (TPSA) is 61.0 Å². The van der Waals surface area contributed by atoms with Crippen molar-refractivity contribution in [1.82, 2.24) is 9.97 Å². The highest BCUT2D eigenvalue weighted by Crippen LogP contribution is 2.16. The van der Waals surface area contributed by atoms with Crippen molar-refractivity contribution in [3.05, 3.63) is 53.1 Å². The second-order valence-electron chi connectivity index (χ2n) is 4.64. The summed E-state index contributed by atoms with van der Waals surface area (Å²) < 4.78 is 5.21. The van der Waals surface area contributed by atoms with E-state index in [0.29, 0.717) is 6.42 Å². The van der Waals surface area contributed by atoms with Crippen LogP contribution in [-0.2, 0) is 6.42 Å². The summed E-state index contributed by atoms with van der Waals surface area (Å²) in [7, 11) is 1.66. The Labute approximate surface area is 113 Å². The number of benzene rings is 1. The van der Waals surface area contributed by atoms with Gasteiger partial charge in [-0.15, -0.1) is 0 Å². The third-order valence-corrected chi connectivity index (χ3v) is 3.05. The number of nitrogens with zero attached hydrogens (tertiary/aromatic N) is 2. The molecule has 2 rings (SSSR count). The van der Waals surface area contributed by atoms with E-state index in [2.05, 4.69) is 9.97 Å². The first kappa shape index (κ1) is 13.5. The van der Waals surface area contributed by atoms with Gasteiger partial charge in [0.15, 0.2) is 0 Å². The minimum atomic E-state index is -0.0362. The van der Waals surface area contributed by atoms with E-state index in [1.807, 2.05) is 44.3 Å². The molecule has 4 heteroatoms. The molecule has 0 saturated carbocycles. The van der Waals surface area contributed by atoms with Crippen molar-refractivity contribution in [1.29, 1.82) is 0 Å². The number of hydrogen-bond acceptors (Lipinski definition) is 4. The van der Waals surface area contributed by atoms with Crippen LogP contribution in [0, 0.1) is 6.92 Å². The number of aryl methyl sites for hydroxylation is 1. The molecule has 2 N–H and O–H groups in total. The van der Waals surface area contributed by atoms with Crippen LogP contribution >= 0.6 is 0 Å². The average molecular weight is 257 g/mol. The molecule has 0 aliphatic rings. The fourth-order valence-corrected chi connectivity index (χ4v) is 2.02. The summed E-state index contributed by atoms with van der Waals surface area (Å²) in [6.45, 7) is 3.91. The molecule has 1 aromatic carbocycles. The van der Waals surface area contributed by atoms with Crippen LogP contribution in [0.2, 0.25) is 0 Å². The fourth-order valence-electron chi connectivity index (χ4n) is 2.02. The second kappa shape index (κ2) is 5.80. The largest absolute Gasteiger partial charge is 0.497 e. The Hall–Kier alpha value is -1.94. The quantitative estimate of drug-likeness (QED) is 0.913. The lowest BCUT2D eigenvalue weighted by molar-refractivity contribution is 0.414. The van der Waals surface area contributed by atoms with Crippen molar-refractivity contribution < 1.29 is 4.74 Å². The summed E-state index contributed by atoms with van der Waals surface area (Å²) in [6.07, 6.45) is 2.51. The van der Waals surface area contributed by atoms with Crippen molar-refractivity contribution in [2.75, 3.05) is 7.11 Å². The van der Waals surface area contributed by atoms with Crippen molar-refractivity contribution in [2.24, 2.45) is 5.73 Å². The van der Waals surface area contributed by atoms with Gasteiger partial charge in [-0.25, -0.2) is 9.97 Å². The van der Waals surface area contributed by atoms with Gasteiger partial charge in [0, 0.05) is 29.9 Å². The number of nitrogens with two attached hydrogens (primary N) is 1. The molecule has 0 spiro atoms. The van der Waals surface area contributed by atoms with Gasteiger partial charge >= 0.3 is 0 Å². The highest BCUT2D eigenvalue weighted by Gasteiger charge is 2.08. The molecule has 0 unspecified atom stereocenters. The van der Waals surface area contributed by atoms with Gasteiger partial charge in [-0.3, -0.25) is 0 Å². The first-order chi connectivity index (χ1) is 9.10. The molecule has 1 atom stereocenters. The molecule has 1 heterocycles. The molecular formula is C15H19N3O. The Kier molecular flexibility index (Phi) is 4.12. The van der Waals surface area contributed by atoms with E-state index in [-0.39, 0.29) is 6.04 Å². The molecule has 100 valence electrons. The molecule has 0 amide bonds. The third-order valence-electron chi connectivity index (χ3n) is 3.05. The molecule has 2 aromatic rings. The maximum atomic E-state index is 5.86. The predicted octanol–water partition coefficient (Wildman–Crippen LogP) is 2.40. The Morgan fingerprint density at radius 1 is 1.37 bits per heavy atom. The normalized spacial score (nSPS) is 12.2. The molecule has 19 heavy (non-hydrogen) atoms. The van der Waals surface area contributed by atoms with Crippen molar-refractivity contribution in [3.8, 4) is 5.75 Å². The first-order valence-corrected chi connectivity index (χ1v) is 6.31. The monoisotopic (exact) mass is 257 g/mol. The van der Waals surface area contributed by atoms with Crippen molar-refractivity contribution >= 4 is 0 Å².